The molecule has 0 fully saturated rings. The number of hydrogen-bond donors (Lipinski definition) is 2. The molecule has 0 aliphatic rings. The van der Waals surface area contributed by atoms with Crippen LogP contribution in [0.15, 0.2) is 45.8 Å². The van der Waals surface area contributed by atoms with E-state index in [1.165, 1.54) is 11.8 Å². The molecule has 0 bridgehead atoms. The van der Waals surface area contributed by atoms with Crippen molar-refractivity contribution in [2.45, 2.75) is 32.6 Å². The molecule has 7 heteroatoms. The van der Waals surface area contributed by atoms with E-state index in [0.29, 0.717) is 5.56 Å². The SMILES string of the molecule is CCN(CC)c1ccc(C(=O)NNC(=O)CSc2cc(C)c(Br)cc2C)cc1. The molecular formula is C21H26BrN3O2S. The lowest BCUT2D eigenvalue weighted by molar-refractivity contribution is -0.119. The maximum atomic E-state index is 12.2. The first-order valence-electron chi connectivity index (χ1n) is 9.19. The molecule has 0 saturated heterocycles. The Labute approximate surface area is 179 Å². The highest BCUT2D eigenvalue weighted by Crippen LogP contribution is 2.28. The van der Waals surface area contributed by atoms with E-state index in [0.717, 1.165) is 39.3 Å². The van der Waals surface area contributed by atoms with E-state index in [2.05, 4.69) is 45.5 Å². The Kier molecular flexibility index (Phi) is 8.38. The van der Waals surface area contributed by atoms with Crippen molar-refractivity contribution < 1.29 is 9.59 Å². The number of rotatable bonds is 7. The Balaban J connectivity index is 1.85. The summed E-state index contributed by atoms with van der Waals surface area (Å²) in [6.45, 7) is 10.0. The van der Waals surface area contributed by atoms with Gasteiger partial charge < -0.3 is 4.90 Å². The van der Waals surface area contributed by atoms with E-state index in [9.17, 15) is 9.59 Å². The summed E-state index contributed by atoms with van der Waals surface area (Å²) < 4.78 is 1.05. The number of hydrazine groups is 1. The maximum absolute atomic E-state index is 12.2. The molecule has 2 aromatic rings. The van der Waals surface area contributed by atoms with Crippen molar-refractivity contribution >= 4 is 45.2 Å². The van der Waals surface area contributed by atoms with Crippen LogP contribution in [0.3, 0.4) is 0 Å². The van der Waals surface area contributed by atoms with Gasteiger partial charge in [-0.1, -0.05) is 15.9 Å². The van der Waals surface area contributed by atoms with Crippen molar-refractivity contribution in [1.29, 1.82) is 0 Å². The molecule has 0 aliphatic heterocycles. The predicted octanol–water partition coefficient (Wildman–Crippen LogP) is 4.47. The summed E-state index contributed by atoms with van der Waals surface area (Å²) >= 11 is 4.95. The molecule has 0 aliphatic carbocycles. The highest BCUT2D eigenvalue weighted by Gasteiger charge is 2.10. The molecule has 0 aromatic heterocycles. The van der Waals surface area contributed by atoms with E-state index in [4.69, 9.17) is 0 Å². The molecule has 2 amide bonds. The molecule has 0 spiro atoms. The molecule has 150 valence electrons. The number of halogens is 1. The Morgan fingerprint density at radius 2 is 1.64 bits per heavy atom. The van der Waals surface area contributed by atoms with Crippen LogP contribution in [-0.4, -0.2) is 30.7 Å². The van der Waals surface area contributed by atoms with Crippen LogP contribution in [0.1, 0.15) is 35.3 Å². The van der Waals surface area contributed by atoms with Crippen LogP contribution in [-0.2, 0) is 4.79 Å². The van der Waals surface area contributed by atoms with Crippen molar-refractivity contribution in [2.75, 3.05) is 23.7 Å². The Morgan fingerprint density at radius 3 is 2.25 bits per heavy atom. The summed E-state index contributed by atoms with van der Waals surface area (Å²) in [7, 11) is 0. The van der Waals surface area contributed by atoms with Gasteiger partial charge in [-0.15, -0.1) is 11.8 Å². The lowest BCUT2D eigenvalue weighted by atomic mass is 10.2. The zero-order valence-electron chi connectivity index (χ0n) is 16.6. The fourth-order valence-electron chi connectivity index (χ4n) is 2.70. The third-order valence-corrected chi connectivity index (χ3v) is 6.40. The smallest absolute Gasteiger partial charge is 0.269 e. The molecule has 5 nitrogen and oxygen atoms in total. The van der Waals surface area contributed by atoms with Gasteiger partial charge in [-0.05, 0) is 75.2 Å². The second-order valence-corrected chi connectivity index (χ2v) is 8.25. The Morgan fingerprint density at radius 1 is 1.00 bits per heavy atom. The Hall–Kier alpha value is -1.99. The van der Waals surface area contributed by atoms with Gasteiger partial charge in [0.05, 0.1) is 5.75 Å². The van der Waals surface area contributed by atoms with Crippen LogP contribution in [0, 0.1) is 13.8 Å². The quantitative estimate of drug-likeness (QED) is 0.469. The first kappa shape index (κ1) is 22.3. The molecule has 28 heavy (non-hydrogen) atoms. The number of hydrogen-bond acceptors (Lipinski definition) is 4. The van der Waals surface area contributed by atoms with Gasteiger partial charge in [0.25, 0.3) is 5.91 Å². The number of thioether (sulfide) groups is 1. The Bertz CT molecular complexity index is 836. The van der Waals surface area contributed by atoms with E-state index in [-0.39, 0.29) is 17.6 Å². The monoisotopic (exact) mass is 463 g/mol. The van der Waals surface area contributed by atoms with Crippen LogP contribution in [0.5, 0.6) is 0 Å². The average Bonchev–Trinajstić information content (AvgIpc) is 2.69. The minimum atomic E-state index is -0.333. The van der Waals surface area contributed by atoms with Crippen LogP contribution < -0.4 is 15.8 Å². The molecule has 0 radical (unpaired) electrons. The summed E-state index contributed by atoms with van der Waals surface area (Å²) in [5.74, 6) is -0.360. The number of amides is 2. The minimum Gasteiger partial charge on any atom is -0.372 e. The first-order chi connectivity index (χ1) is 13.3. The van der Waals surface area contributed by atoms with Gasteiger partial charge in [0.15, 0.2) is 0 Å². The summed E-state index contributed by atoms with van der Waals surface area (Å²) in [6.07, 6.45) is 0. The molecule has 0 unspecified atom stereocenters. The number of benzene rings is 2. The van der Waals surface area contributed by atoms with Crippen molar-refractivity contribution in [3.63, 3.8) is 0 Å². The van der Waals surface area contributed by atoms with Gasteiger partial charge in [0, 0.05) is 33.7 Å². The lowest BCUT2D eigenvalue weighted by Crippen LogP contribution is -2.42. The van der Waals surface area contributed by atoms with Crippen LogP contribution in [0.4, 0.5) is 5.69 Å². The number of carbonyl (C=O) groups is 2. The minimum absolute atomic E-state index is 0.225. The van der Waals surface area contributed by atoms with Crippen molar-refractivity contribution in [2.24, 2.45) is 0 Å². The summed E-state index contributed by atoms with van der Waals surface area (Å²) in [5, 5.41) is 0. The number of nitrogens with one attached hydrogen (secondary N) is 2. The van der Waals surface area contributed by atoms with Crippen molar-refractivity contribution in [1.82, 2.24) is 10.9 Å². The molecule has 0 atom stereocenters. The molecule has 2 N–H and O–H groups in total. The number of nitrogens with zero attached hydrogens (tertiary/aromatic N) is 1. The van der Waals surface area contributed by atoms with Crippen molar-refractivity contribution in [3.05, 3.63) is 57.6 Å². The summed E-state index contributed by atoms with van der Waals surface area (Å²) in [6, 6.07) is 11.4. The third-order valence-electron chi connectivity index (χ3n) is 4.39. The standard InChI is InChI=1S/C21H26BrN3O2S/c1-5-25(6-2)17-9-7-16(8-10-17)21(27)24-23-20(26)13-28-19-12-14(3)18(22)11-15(19)4/h7-12H,5-6,13H2,1-4H3,(H,23,26)(H,24,27). The van der Waals surface area contributed by atoms with E-state index in [1.54, 1.807) is 12.1 Å². The zero-order valence-corrected chi connectivity index (χ0v) is 19.0. The maximum Gasteiger partial charge on any atom is 0.269 e. The highest BCUT2D eigenvalue weighted by molar-refractivity contribution is 9.10. The van der Waals surface area contributed by atoms with Gasteiger partial charge in [-0.25, -0.2) is 0 Å². The first-order valence-corrected chi connectivity index (χ1v) is 11.0. The van der Waals surface area contributed by atoms with Crippen LogP contribution >= 0.6 is 27.7 Å². The average molecular weight is 464 g/mol. The molecule has 0 heterocycles. The second kappa shape index (κ2) is 10.5. The van der Waals surface area contributed by atoms with Gasteiger partial charge in [-0.2, -0.15) is 0 Å². The van der Waals surface area contributed by atoms with Crippen LogP contribution in [0.25, 0.3) is 0 Å². The zero-order chi connectivity index (χ0) is 20.7. The van der Waals surface area contributed by atoms with E-state index in [1.807, 2.05) is 38.1 Å². The fraction of sp³-hybridized carbons (Fsp3) is 0.333. The molecular weight excluding hydrogens is 438 g/mol. The van der Waals surface area contributed by atoms with Gasteiger partial charge in [0.2, 0.25) is 5.91 Å². The third kappa shape index (κ3) is 6.01. The highest BCUT2D eigenvalue weighted by atomic mass is 79.9. The lowest BCUT2D eigenvalue weighted by Gasteiger charge is -2.21. The molecule has 2 aromatic carbocycles. The number of aryl methyl sites for hydroxylation is 2. The number of carbonyl (C=O) groups excluding carboxylic acids is 2. The van der Waals surface area contributed by atoms with Gasteiger partial charge in [0.1, 0.15) is 0 Å². The normalized spacial score (nSPS) is 10.5. The second-order valence-electron chi connectivity index (χ2n) is 6.38. The van der Waals surface area contributed by atoms with E-state index < -0.39 is 0 Å². The fourth-order valence-corrected chi connectivity index (χ4v) is 4.06. The topological polar surface area (TPSA) is 61.4 Å². The van der Waals surface area contributed by atoms with Crippen molar-refractivity contribution in [3.8, 4) is 0 Å². The van der Waals surface area contributed by atoms with Crippen LogP contribution in [0.2, 0.25) is 0 Å². The van der Waals surface area contributed by atoms with Gasteiger partial charge >= 0.3 is 0 Å². The largest absolute Gasteiger partial charge is 0.372 e. The molecule has 2 rings (SSSR count). The molecule has 0 saturated carbocycles. The van der Waals surface area contributed by atoms with E-state index >= 15 is 0 Å². The predicted molar refractivity (Wildman–Crippen MR) is 120 cm³/mol. The van der Waals surface area contributed by atoms with Gasteiger partial charge in [-0.3, -0.25) is 20.4 Å². The summed E-state index contributed by atoms with van der Waals surface area (Å²) in [4.78, 5) is 27.6. The summed E-state index contributed by atoms with van der Waals surface area (Å²) in [5.41, 5.74) is 8.75. The number of anilines is 1.